The van der Waals surface area contributed by atoms with Crippen molar-refractivity contribution >= 4 is 34.4 Å². The number of benzene rings is 2. The van der Waals surface area contributed by atoms with E-state index in [1.807, 2.05) is 6.07 Å². The average Bonchev–Trinajstić information content (AvgIpc) is 2.32. The van der Waals surface area contributed by atoms with Crippen molar-refractivity contribution in [3.63, 3.8) is 0 Å². The summed E-state index contributed by atoms with van der Waals surface area (Å²) < 4.78 is 6.52. The molecule has 0 heterocycles. The summed E-state index contributed by atoms with van der Waals surface area (Å²) in [6.07, 6.45) is 0. The molecular weight excluding hydrogens is 343 g/mol. The van der Waals surface area contributed by atoms with Gasteiger partial charge in [0.15, 0.2) is 0 Å². The lowest BCUT2D eigenvalue weighted by Gasteiger charge is -2.07. The van der Waals surface area contributed by atoms with Crippen molar-refractivity contribution < 1.29 is 4.74 Å². The standard InChI is InChI=1S/C14H13IOS/c1-10-9-13(7-8-14(10)16-2)17-12-5-3-11(15)4-6-12/h3-9H,1-2H3. The van der Waals surface area contributed by atoms with Gasteiger partial charge in [0.2, 0.25) is 0 Å². The zero-order valence-electron chi connectivity index (χ0n) is 9.74. The smallest absolute Gasteiger partial charge is 0.121 e. The fraction of sp³-hybridized carbons (Fsp3) is 0.143. The van der Waals surface area contributed by atoms with Crippen molar-refractivity contribution in [3.8, 4) is 5.75 Å². The third kappa shape index (κ3) is 3.39. The molecule has 0 aliphatic carbocycles. The van der Waals surface area contributed by atoms with Gasteiger partial charge >= 0.3 is 0 Å². The predicted octanol–water partition coefficient (Wildman–Crippen LogP) is 4.76. The van der Waals surface area contributed by atoms with E-state index in [0.29, 0.717) is 0 Å². The molecule has 17 heavy (non-hydrogen) atoms. The fourth-order valence-electron chi connectivity index (χ4n) is 1.55. The molecule has 1 nitrogen and oxygen atoms in total. The number of ether oxygens (including phenoxy) is 1. The van der Waals surface area contributed by atoms with Gasteiger partial charge in [0.25, 0.3) is 0 Å². The molecule has 0 unspecified atom stereocenters. The van der Waals surface area contributed by atoms with Gasteiger partial charge in [0.1, 0.15) is 5.75 Å². The van der Waals surface area contributed by atoms with Crippen LogP contribution in [0.4, 0.5) is 0 Å². The third-order valence-electron chi connectivity index (χ3n) is 2.42. The molecule has 0 amide bonds. The monoisotopic (exact) mass is 356 g/mol. The number of rotatable bonds is 3. The Kier molecular flexibility index (Phi) is 4.34. The predicted molar refractivity (Wildman–Crippen MR) is 81.0 cm³/mol. The molecule has 0 aliphatic heterocycles. The minimum atomic E-state index is 0.942. The Bertz CT molecular complexity index is 508. The van der Waals surface area contributed by atoms with E-state index >= 15 is 0 Å². The van der Waals surface area contributed by atoms with Gasteiger partial charge in [-0.05, 0) is 77.5 Å². The maximum absolute atomic E-state index is 5.26. The van der Waals surface area contributed by atoms with Crippen LogP contribution in [0.1, 0.15) is 5.56 Å². The van der Waals surface area contributed by atoms with Gasteiger partial charge in [0, 0.05) is 13.4 Å². The van der Waals surface area contributed by atoms with Crippen LogP contribution < -0.4 is 4.74 Å². The highest BCUT2D eigenvalue weighted by Gasteiger charge is 2.01. The van der Waals surface area contributed by atoms with Crippen molar-refractivity contribution in [1.82, 2.24) is 0 Å². The van der Waals surface area contributed by atoms with Crippen molar-refractivity contribution in [2.24, 2.45) is 0 Å². The Morgan fingerprint density at radius 1 is 1.00 bits per heavy atom. The van der Waals surface area contributed by atoms with Crippen molar-refractivity contribution in [2.75, 3.05) is 7.11 Å². The highest BCUT2D eigenvalue weighted by molar-refractivity contribution is 14.1. The fourth-order valence-corrected chi connectivity index (χ4v) is 2.83. The van der Waals surface area contributed by atoms with E-state index in [1.54, 1.807) is 18.9 Å². The summed E-state index contributed by atoms with van der Waals surface area (Å²) in [6, 6.07) is 14.8. The van der Waals surface area contributed by atoms with Gasteiger partial charge in [0.05, 0.1) is 7.11 Å². The van der Waals surface area contributed by atoms with E-state index in [9.17, 15) is 0 Å². The van der Waals surface area contributed by atoms with Gasteiger partial charge in [-0.3, -0.25) is 0 Å². The van der Waals surface area contributed by atoms with Gasteiger partial charge in [-0.1, -0.05) is 11.8 Å². The van der Waals surface area contributed by atoms with E-state index in [0.717, 1.165) is 5.75 Å². The highest BCUT2D eigenvalue weighted by Crippen LogP contribution is 2.31. The molecule has 0 fully saturated rings. The van der Waals surface area contributed by atoms with E-state index < -0.39 is 0 Å². The van der Waals surface area contributed by atoms with E-state index in [1.165, 1.54) is 18.9 Å². The Hall–Kier alpha value is -0.680. The molecule has 0 atom stereocenters. The van der Waals surface area contributed by atoms with E-state index in [-0.39, 0.29) is 0 Å². The lowest BCUT2D eigenvalue weighted by molar-refractivity contribution is 0.411. The van der Waals surface area contributed by atoms with Crippen LogP contribution in [0, 0.1) is 10.5 Å². The highest BCUT2D eigenvalue weighted by atomic mass is 127. The molecule has 0 N–H and O–H groups in total. The largest absolute Gasteiger partial charge is 0.496 e. The van der Waals surface area contributed by atoms with Crippen LogP contribution in [0.5, 0.6) is 5.75 Å². The molecule has 0 spiro atoms. The number of aryl methyl sites for hydroxylation is 1. The zero-order chi connectivity index (χ0) is 12.3. The van der Waals surface area contributed by atoms with E-state index in [4.69, 9.17) is 4.74 Å². The first-order valence-electron chi connectivity index (χ1n) is 5.27. The summed E-state index contributed by atoms with van der Waals surface area (Å²) in [7, 11) is 1.70. The number of hydrogen-bond donors (Lipinski definition) is 0. The van der Waals surface area contributed by atoms with Gasteiger partial charge in [-0.15, -0.1) is 0 Å². The van der Waals surface area contributed by atoms with Crippen LogP contribution in [0.25, 0.3) is 0 Å². The van der Waals surface area contributed by atoms with Crippen molar-refractivity contribution in [2.45, 2.75) is 16.7 Å². The van der Waals surface area contributed by atoms with Crippen LogP contribution in [-0.4, -0.2) is 7.11 Å². The molecule has 2 aromatic rings. The van der Waals surface area contributed by atoms with Crippen LogP contribution >= 0.6 is 34.4 Å². The molecule has 0 aromatic heterocycles. The first kappa shape index (κ1) is 12.8. The first-order chi connectivity index (χ1) is 8.19. The van der Waals surface area contributed by atoms with E-state index in [2.05, 4.69) is 65.9 Å². The number of hydrogen-bond acceptors (Lipinski definition) is 2. The van der Waals surface area contributed by atoms with Crippen LogP contribution in [-0.2, 0) is 0 Å². The number of methoxy groups -OCH3 is 1. The minimum absolute atomic E-state index is 0.942. The molecule has 88 valence electrons. The van der Waals surface area contributed by atoms with Gasteiger partial charge in [-0.2, -0.15) is 0 Å². The van der Waals surface area contributed by atoms with Gasteiger partial charge in [-0.25, -0.2) is 0 Å². The van der Waals surface area contributed by atoms with Crippen LogP contribution in [0.3, 0.4) is 0 Å². The molecule has 0 aliphatic rings. The molecule has 0 saturated heterocycles. The second kappa shape index (κ2) is 5.78. The summed E-state index contributed by atoms with van der Waals surface area (Å²) in [4.78, 5) is 2.50. The summed E-state index contributed by atoms with van der Waals surface area (Å²) in [6.45, 7) is 2.07. The summed E-state index contributed by atoms with van der Waals surface area (Å²) >= 11 is 4.09. The molecule has 0 bridgehead atoms. The van der Waals surface area contributed by atoms with Gasteiger partial charge < -0.3 is 4.74 Å². The third-order valence-corrected chi connectivity index (χ3v) is 4.13. The Morgan fingerprint density at radius 3 is 2.24 bits per heavy atom. The summed E-state index contributed by atoms with van der Waals surface area (Å²) in [5.41, 5.74) is 1.17. The molecule has 2 aromatic carbocycles. The topological polar surface area (TPSA) is 9.23 Å². The lowest BCUT2D eigenvalue weighted by Crippen LogP contribution is -1.86. The second-order valence-electron chi connectivity index (χ2n) is 3.69. The molecule has 0 radical (unpaired) electrons. The Morgan fingerprint density at radius 2 is 1.65 bits per heavy atom. The average molecular weight is 356 g/mol. The quantitative estimate of drug-likeness (QED) is 0.734. The molecule has 0 saturated carbocycles. The number of halogens is 1. The minimum Gasteiger partial charge on any atom is -0.496 e. The van der Waals surface area contributed by atoms with Crippen molar-refractivity contribution in [1.29, 1.82) is 0 Å². The summed E-state index contributed by atoms with van der Waals surface area (Å²) in [5.74, 6) is 0.942. The first-order valence-corrected chi connectivity index (χ1v) is 7.16. The SMILES string of the molecule is COc1ccc(Sc2ccc(I)cc2)cc1C. The Balaban J connectivity index is 2.19. The molecule has 3 heteroatoms. The van der Waals surface area contributed by atoms with Crippen LogP contribution in [0.15, 0.2) is 52.3 Å². The lowest BCUT2D eigenvalue weighted by atomic mass is 10.2. The second-order valence-corrected chi connectivity index (χ2v) is 6.08. The normalized spacial score (nSPS) is 10.3. The van der Waals surface area contributed by atoms with Crippen molar-refractivity contribution in [3.05, 3.63) is 51.6 Å². The zero-order valence-corrected chi connectivity index (χ0v) is 12.7. The maximum atomic E-state index is 5.26. The van der Waals surface area contributed by atoms with Crippen LogP contribution in [0.2, 0.25) is 0 Å². The Labute approximate surface area is 120 Å². The maximum Gasteiger partial charge on any atom is 0.121 e. The molecular formula is C14H13IOS. The summed E-state index contributed by atoms with van der Waals surface area (Å²) in [5, 5.41) is 0. The molecule has 2 rings (SSSR count).